The van der Waals surface area contributed by atoms with Crippen LogP contribution in [0.3, 0.4) is 0 Å². The summed E-state index contributed by atoms with van der Waals surface area (Å²) in [4.78, 5) is 28.6. The number of methoxy groups -OCH3 is 2. The minimum Gasteiger partial charge on any atom is -0.464 e. The van der Waals surface area contributed by atoms with E-state index in [1.54, 1.807) is 0 Å². The van der Waals surface area contributed by atoms with Crippen LogP contribution >= 0.6 is 0 Å². The maximum Gasteiger partial charge on any atom is 0.361 e. The molecule has 0 spiro atoms. The van der Waals surface area contributed by atoms with Gasteiger partial charge in [-0.2, -0.15) is 0 Å². The minimum absolute atomic E-state index is 0.0251. The molecule has 1 aromatic heterocycles. The fourth-order valence-electron chi connectivity index (χ4n) is 3.25. The summed E-state index contributed by atoms with van der Waals surface area (Å²) in [7, 11) is 2.49. The smallest absolute Gasteiger partial charge is 0.361 e. The molecule has 1 aliphatic rings. The average Bonchev–Trinajstić information content (AvgIpc) is 3.17. The van der Waals surface area contributed by atoms with Crippen molar-refractivity contribution in [1.82, 2.24) is 24.8 Å². The maximum absolute atomic E-state index is 12.1. The summed E-state index contributed by atoms with van der Waals surface area (Å²) in [6.45, 7) is 5.90. The number of benzene rings is 1. The molecule has 0 unspecified atom stereocenters. The normalized spacial score (nSPS) is 15.4. The molecular formula is C19H25N5O4. The second kappa shape index (κ2) is 9.43. The molecule has 1 saturated heterocycles. The fraction of sp³-hybridized carbons (Fsp3) is 0.474. The van der Waals surface area contributed by atoms with E-state index in [0.717, 1.165) is 32.7 Å². The Morgan fingerprint density at radius 3 is 2.21 bits per heavy atom. The molecular weight excluding hydrogens is 362 g/mol. The van der Waals surface area contributed by atoms with E-state index in [1.807, 2.05) is 6.07 Å². The van der Waals surface area contributed by atoms with E-state index in [9.17, 15) is 9.59 Å². The van der Waals surface area contributed by atoms with Gasteiger partial charge in [0.05, 0.1) is 20.8 Å². The summed E-state index contributed by atoms with van der Waals surface area (Å²) < 4.78 is 10.8. The van der Waals surface area contributed by atoms with E-state index in [1.165, 1.54) is 24.5 Å². The third-order valence-electron chi connectivity index (χ3n) is 4.83. The zero-order chi connectivity index (χ0) is 19.9. The van der Waals surface area contributed by atoms with E-state index in [0.29, 0.717) is 13.1 Å². The van der Waals surface area contributed by atoms with Crippen molar-refractivity contribution in [3.8, 4) is 0 Å². The minimum atomic E-state index is -0.707. The SMILES string of the molecule is COC(=O)c1nnn(CCN2CCN(Cc3ccccc3)CC2)c1C(=O)OC. The summed E-state index contributed by atoms with van der Waals surface area (Å²) in [5, 5.41) is 7.73. The van der Waals surface area contributed by atoms with Crippen LogP contribution in [0.15, 0.2) is 30.3 Å². The molecule has 0 atom stereocenters. The second-order valence-corrected chi connectivity index (χ2v) is 6.60. The molecule has 9 nitrogen and oxygen atoms in total. The van der Waals surface area contributed by atoms with E-state index >= 15 is 0 Å². The first-order valence-electron chi connectivity index (χ1n) is 9.21. The number of esters is 2. The molecule has 0 aliphatic carbocycles. The number of hydrogen-bond acceptors (Lipinski definition) is 8. The number of piperazine rings is 1. The molecule has 2 aromatic rings. The van der Waals surface area contributed by atoms with Crippen LogP contribution in [0.2, 0.25) is 0 Å². The van der Waals surface area contributed by atoms with E-state index in [-0.39, 0.29) is 11.4 Å². The Kier molecular flexibility index (Phi) is 6.72. The van der Waals surface area contributed by atoms with Gasteiger partial charge in [-0.3, -0.25) is 9.80 Å². The lowest BCUT2D eigenvalue weighted by molar-refractivity contribution is 0.0542. The van der Waals surface area contributed by atoms with Crippen LogP contribution in [0.4, 0.5) is 0 Å². The number of aromatic nitrogens is 3. The molecule has 0 radical (unpaired) electrons. The van der Waals surface area contributed by atoms with Crippen LogP contribution in [-0.2, 0) is 22.6 Å². The van der Waals surface area contributed by atoms with Crippen LogP contribution < -0.4 is 0 Å². The van der Waals surface area contributed by atoms with Crippen molar-refractivity contribution in [2.24, 2.45) is 0 Å². The largest absolute Gasteiger partial charge is 0.464 e. The van der Waals surface area contributed by atoms with Crippen molar-refractivity contribution in [3.63, 3.8) is 0 Å². The molecule has 1 fully saturated rings. The lowest BCUT2D eigenvalue weighted by Crippen LogP contribution is -2.46. The lowest BCUT2D eigenvalue weighted by atomic mass is 10.2. The van der Waals surface area contributed by atoms with Crippen LogP contribution in [0.5, 0.6) is 0 Å². The van der Waals surface area contributed by atoms with Crippen molar-refractivity contribution in [1.29, 1.82) is 0 Å². The number of carbonyl (C=O) groups excluding carboxylic acids is 2. The maximum atomic E-state index is 12.1. The van der Waals surface area contributed by atoms with Gasteiger partial charge in [-0.25, -0.2) is 14.3 Å². The molecule has 1 aliphatic heterocycles. The van der Waals surface area contributed by atoms with Gasteiger partial charge in [0, 0.05) is 39.3 Å². The van der Waals surface area contributed by atoms with Crippen molar-refractivity contribution in [3.05, 3.63) is 47.3 Å². The standard InChI is InChI=1S/C19H25N5O4/c1-27-18(25)16-17(19(26)28-2)24(21-20-16)13-12-22-8-10-23(11-9-22)14-15-6-4-3-5-7-15/h3-7H,8-14H2,1-2H3. The first-order valence-corrected chi connectivity index (χ1v) is 9.21. The summed E-state index contributed by atoms with van der Waals surface area (Å²) in [5.74, 6) is -1.36. The highest BCUT2D eigenvalue weighted by Gasteiger charge is 2.27. The fourth-order valence-corrected chi connectivity index (χ4v) is 3.25. The first kappa shape index (κ1) is 20.0. The van der Waals surface area contributed by atoms with Crippen molar-refractivity contribution < 1.29 is 19.1 Å². The molecule has 3 rings (SSSR count). The Balaban J connectivity index is 1.54. The van der Waals surface area contributed by atoms with Crippen molar-refractivity contribution >= 4 is 11.9 Å². The summed E-state index contributed by atoms with van der Waals surface area (Å²) >= 11 is 0. The van der Waals surface area contributed by atoms with Gasteiger partial charge in [0.1, 0.15) is 0 Å². The molecule has 0 N–H and O–H groups in total. The molecule has 0 bridgehead atoms. The number of ether oxygens (including phenoxy) is 2. The summed E-state index contributed by atoms with van der Waals surface area (Å²) in [6, 6.07) is 10.4. The van der Waals surface area contributed by atoms with Gasteiger partial charge >= 0.3 is 11.9 Å². The Morgan fingerprint density at radius 2 is 1.57 bits per heavy atom. The van der Waals surface area contributed by atoms with Gasteiger partial charge in [-0.1, -0.05) is 35.5 Å². The topological polar surface area (TPSA) is 89.8 Å². The van der Waals surface area contributed by atoms with Crippen molar-refractivity contribution in [2.45, 2.75) is 13.1 Å². The number of hydrogen-bond donors (Lipinski definition) is 0. The molecule has 1 aromatic carbocycles. The quantitative estimate of drug-likeness (QED) is 0.641. The zero-order valence-electron chi connectivity index (χ0n) is 16.2. The van der Waals surface area contributed by atoms with Gasteiger partial charge in [0.2, 0.25) is 5.69 Å². The monoisotopic (exact) mass is 387 g/mol. The molecule has 0 saturated carbocycles. The van der Waals surface area contributed by atoms with E-state index in [2.05, 4.69) is 49.1 Å². The van der Waals surface area contributed by atoms with Gasteiger partial charge in [-0.05, 0) is 5.56 Å². The number of carbonyl (C=O) groups is 2. The van der Waals surface area contributed by atoms with Crippen LogP contribution in [0.1, 0.15) is 26.5 Å². The van der Waals surface area contributed by atoms with Gasteiger partial charge in [0.25, 0.3) is 0 Å². The van der Waals surface area contributed by atoms with Gasteiger partial charge in [0.15, 0.2) is 5.69 Å². The Bertz CT molecular complexity index is 800. The Hall–Kier alpha value is -2.78. The molecule has 28 heavy (non-hydrogen) atoms. The summed E-state index contributed by atoms with van der Waals surface area (Å²) in [6.07, 6.45) is 0. The van der Waals surface area contributed by atoms with Crippen molar-refractivity contribution in [2.75, 3.05) is 46.9 Å². The van der Waals surface area contributed by atoms with E-state index < -0.39 is 11.9 Å². The van der Waals surface area contributed by atoms with Crippen LogP contribution in [0.25, 0.3) is 0 Å². The third kappa shape index (κ3) is 4.73. The zero-order valence-corrected chi connectivity index (χ0v) is 16.2. The average molecular weight is 387 g/mol. The van der Waals surface area contributed by atoms with Gasteiger partial charge in [-0.15, -0.1) is 5.10 Å². The molecule has 9 heteroatoms. The second-order valence-electron chi connectivity index (χ2n) is 6.60. The van der Waals surface area contributed by atoms with Gasteiger partial charge < -0.3 is 9.47 Å². The summed E-state index contributed by atoms with van der Waals surface area (Å²) in [5.41, 5.74) is 1.22. The molecule has 0 amide bonds. The lowest BCUT2D eigenvalue weighted by Gasteiger charge is -2.34. The van der Waals surface area contributed by atoms with Crippen LogP contribution in [-0.4, -0.2) is 83.7 Å². The third-order valence-corrected chi connectivity index (χ3v) is 4.83. The highest BCUT2D eigenvalue weighted by Crippen LogP contribution is 2.11. The van der Waals surface area contributed by atoms with E-state index in [4.69, 9.17) is 4.74 Å². The predicted molar refractivity (Wildman–Crippen MR) is 101 cm³/mol. The molecule has 150 valence electrons. The van der Waals surface area contributed by atoms with Crippen LogP contribution in [0, 0.1) is 0 Å². The number of nitrogens with zero attached hydrogens (tertiary/aromatic N) is 5. The predicted octanol–water partition coefficient (Wildman–Crippen LogP) is 0.669. The Morgan fingerprint density at radius 1 is 0.929 bits per heavy atom. The Labute approximate surface area is 163 Å². The number of rotatable bonds is 7. The first-order chi connectivity index (χ1) is 13.6. The highest BCUT2D eigenvalue weighted by molar-refractivity contribution is 6.00. The highest BCUT2D eigenvalue weighted by atomic mass is 16.5. The molecule has 2 heterocycles.